The first kappa shape index (κ1) is 24.7. The van der Waals surface area contributed by atoms with E-state index in [1.165, 1.54) is 11.3 Å². The van der Waals surface area contributed by atoms with Crippen molar-refractivity contribution in [2.24, 2.45) is 4.99 Å². The largest absolute Gasteiger partial charge is 0.493 e. The average molecular weight is 530 g/mol. The fraction of sp³-hybridized carbons (Fsp3) is 0.138. The Labute approximate surface area is 223 Å². The number of carbonyl (C=O) groups excluding carboxylic acids is 1. The molecular formula is C29H24ClN3O3S. The molecule has 3 aromatic carbocycles. The van der Waals surface area contributed by atoms with Crippen molar-refractivity contribution < 1.29 is 13.9 Å². The quantitative estimate of drug-likeness (QED) is 0.246. The maximum absolute atomic E-state index is 13.6. The van der Waals surface area contributed by atoms with Crippen molar-refractivity contribution in [2.75, 3.05) is 12.4 Å². The highest BCUT2D eigenvalue weighted by Crippen LogP contribution is 2.32. The number of aryl methyl sites for hydroxylation is 2. The van der Waals surface area contributed by atoms with E-state index in [1.54, 1.807) is 13.2 Å². The number of amides is 1. The van der Waals surface area contributed by atoms with Crippen LogP contribution in [0.3, 0.4) is 0 Å². The highest BCUT2D eigenvalue weighted by Gasteiger charge is 2.18. The first-order chi connectivity index (χ1) is 17.9. The Balaban J connectivity index is 1.59. The number of para-hydroxylation sites is 1. The molecule has 37 heavy (non-hydrogen) atoms. The minimum atomic E-state index is -0.362. The molecule has 0 spiro atoms. The third-order valence-corrected chi connectivity index (χ3v) is 7.16. The lowest BCUT2D eigenvalue weighted by atomic mass is 10.1. The standard InChI is InChI=1S/C29H24ClN3O3S/c1-4-24-25(18-11-13-20(30)14-12-18)32-29(37-24)33-27(34)22-16-19-8-6-10-23(35-3)26(19)36-28(22)31-21-9-5-7-17(2)15-21/h5-16H,4H2,1-3H3,(H,32,33,34). The van der Waals surface area contributed by atoms with E-state index in [0.29, 0.717) is 32.7 Å². The lowest BCUT2D eigenvalue weighted by molar-refractivity contribution is 0.102. The molecule has 0 fully saturated rings. The summed E-state index contributed by atoms with van der Waals surface area (Å²) in [7, 11) is 1.58. The van der Waals surface area contributed by atoms with Crippen LogP contribution in [0.4, 0.5) is 10.8 Å². The molecule has 2 aromatic heterocycles. The van der Waals surface area contributed by atoms with Crippen molar-refractivity contribution in [1.82, 2.24) is 4.98 Å². The van der Waals surface area contributed by atoms with Gasteiger partial charge in [-0.05, 0) is 55.3 Å². The van der Waals surface area contributed by atoms with Crippen LogP contribution in [-0.4, -0.2) is 18.0 Å². The van der Waals surface area contributed by atoms with Gasteiger partial charge in [0.15, 0.2) is 16.5 Å². The number of aromatic nitrogens is 1. The minimum Gasteiger partial charge on any atom is -0.493 e. The molecule has 0 saturated carbocycles. The first-order valence-electron chi connectivity index (χ1n) is 11.7. The van der Waals surface area contributed by atoms with Gasteiger partial charge >= 0.3 is 0 Å². The summed E-state index contributed by atoms with van der Waals surface area (Å²) in [5, 5.41) is 4.84. The lowest BCUT2D eigenvalue weighted by Crippen LogP contribution is -2.21. The van der Waals surface area contributed by atoms with E-state index in [-0.39, 0.29) is 11.5 Å². The highest BCUT2D eigenvalue weighted by atomic mass is 35.5. The molecule has 1 amide bonds. The molecule has 8 heteroatoms. The van der Waals surface area contributed by atoms with Crippen molar-refractivity contribution in [1.29, 1.82) is 0 Å². The van der Waals surface area contributed by atoms with Crippen LogP contribution in [0, 0.1) is 6.92 Å². The molecule has 0 aliphatic heterocycles. The molecule has 5 rings (SSSR count). The Morgan fingerprint density at radius 3 is 2.62 bits per heavy atom. The summed E-state index contributed by atoms with van der Waals surface area (Å²) >= 11 is 7.50. The second kappa shape index (κ2) is 10.6. The molecule has 186 valence electrons. The zero-order chi connectivity index (χ0) is 25.9. The smallest absolute Gasteiger partial charge is 0.262 e. The number of ether oxygens (including phenoxy) is 1. The van der Waals surface area contributed by atoms with E-state index < -0.39 is 0 Å². The topological polar surface area (TPSA) is 76.7 Å². The van der Waals surface area contributed by atoms with Gasteiger partial charge in [-0.1, -0.05) is 54.9 Å². The molecule has 0 bridgehead atoms. The Kier molecular flexibility index (Phi) is 7.08. The molecule has 0 aliphatic carbocycles. The molecule has 0 aliphatic rings. The number of nitrogens with one attached hydrogen (secondary N) is 1. The van der Waals surface area contributed by atoms with Gasteiger partial charge in [0.1, 0.15) is 5.56 Å². The maximum Gasteiger partial charge on any atom is 0.262 e. The van der Waals surface area contributed by atoms with Crippen LogP contribution in [0.5, 0.6) is 5.75 Å². The second-order valence-corrected chi connectivity index (χ2v) is 9.92. The summed E-state index contributed by atoms with van der Waals surface area (Å²) < 4.78 is 11.6. The molecule has 5 aromatic rings. The predicted octanol–water partition coefficient (Wildman–Crippen LogP) is 7.57. The van der Waals surface area contributed by atoms with E-state index >= 15 is 0 Å². The average Bonchev–Trinajstić information content (AvgIpc) is 3.31. The molecule has 0 atom stereocenters. The number of halogens is 1. The summed E-state index contributed by atoms with van der Waals surface area (Å²) in [5.74, 6) is 0.198. The number of fused-ring (bicyclic) bond motifs is 1. The fourth-order valence-electron chi connectivity index (χ4n) is 3.99. The van der Waals surface area contributed by atoms with Gasteiger partial charge in [0.05, 0.1) is 18.5 Å². The van der Waals surface area contributed by atoms with Crippen LogP contribution < -0.4 is 15.6 Å². The Hall–Kier alpha value is -3.94. The number of nitrogens with zero attached hydrogens (tertiary/aromatic N) is 2. The summed E-state index contributed by atoms with van der Waals surface area (Å²) in [6.45, 7) is 4.05. The third-order valence-electron chi connectivity index (χ3n) is 5.79. The summed E-state index contributed by atoms with van der Waals surface area (Å²) in [6, 6.07) is 22.5. The zero-order valence-electron chi connectivity index (χ0n) is 20.5. The van der Waals surface area contributed by atoms with Crippen LogP contribution in [-0.2, 0) is 6.42 Å². The molecule has 1 N–H and O–H groups in total. The summed E-state index contributed by atoms with van der Waals surface area (Å²) in [6.07, 6.45) is 0.782. The van der Waals surface area contributed by atoms with Gasteiger partial charge in [0, 0.05) is 20.8 Å². The minimum absolute atomic E-state index is 0.185. The number of benzene rings is 3. The van der Waals surface area contributed by atoms with Crippen LogP contribution in [0.25, 0.3) is 22.2 Å². The number of anilines is 1. The van der Waals surface area contributed by atoms with E-state index in [1.807, 2.05) is 73.7 Å². The maximum atomic E-state index is 13.6. The van der Waals surface area contributed by atoms with Crippen molar-refractivity contribution >= 4 is 50.6 Å². The van der Waals surface area contributed by atoms with Crippen LogP contribution in [0.15, 0.2) is 82.2 Å². The molecule has 6 nitrogen and oxygen atoms in total. The summed E-state index contributed by atoms with van der Waals surface area (Å²) in [4.78, 5) is 24.0. The third kappa shape index (κ3) is 5.28. The Morgan fingerprint density at radius 2 is 1.89 bits per heavy atom. The van der Waals surface area contributed by atoms with Crippen molar-refractivity contribution in [3.8, 4) is 17.0 Å². The van der Waals surface area contributed by atoms with Crippen molar-refractivity contribution in [2.45, 2.75) is 20.3 Å². The second-order valence-electron chi connectivity index (χ2n) is 8.40. The molecule has 0 saturated heterocycles. The molecule has 2 heterocycles. The van der Waals surface area contributed by atoms with E-state index in [9.17, 15) is 4.79 Å². The van der Waals surface area contributed by atoms with E-state index in [0.717, 1.165) is 33.5 Å². The van der Waals surface area contributed by atoms with Gasteiger partial charge in [0.2, 0.25) is 5.55 Å². The van der Waals surface area contributed by atoms with Crippen molar-refractivity contribution in [3.05, 3.63) is 99.4 Å². The van der Waals surface area contributed by atoms with Gasteiger partial charge < -0.3 is 9.15 Å². The SMILES string of the molecule is CCc1sc(NC(=O)c2cc3cccc(OC)c3oc2=Nc2cccc(C)c2)nc1-c1ccc(Cl)cc1. The van der Waals surface area contributed by atoms with Gasteiger partial charge in [-0.15, -0.1) is 11.3 Å². The monoisotopic (exact) mass is 529 g/mol. The van der Waals surface area contributed by atoms with Crippen molar-refractivity contribution in [3.63, 3.8) is 0 Å². The van der Waals surface area contributed by atoms with E-state index in [2.05, 4.69) is 17.2 Å². The predicted molar refractivity (Wildman–Crippen MR) is 149 cm³/mol. The number of thiazole rings is 1. The number of rotatable bonds is 6. The fourth-order valence-corrected chi connectivity index (χ4v) is 5.03. The van der Waals surface area contributed by atoms with Gasteiger partial charge in [-0.3, -0.25) is 10.1 Å². The van der Waals surface area contributed by atoms with Gasteiger partial charge in [-0.2, -0.15) is 0 Å². The highest BCUT2D eigenvalue weighted by molar-refractivity contribution is 7.16. The van der Waals surface area contributed by atoms with E-state index in [4.69, 9.17) is 25.7 Å². The Morgan fingerprint density at radius 1 is 1.11 bits per heavy atom. The number of methoxy groups -OCH3 is 1. The van der Waals surface area contributed by atoms with Crippen LogP contribution in [0.2, 0.25) is 5.02 Å². The molecular weight excluding hydrogens is 506 g/mol. The number of hydrogen-bond acceptors (Lipinski definition) is 6. The number of carbonyl (C=O) groups is 1. The summed E-state index contributed by atoms with van der Waals surface area (Å²) in [5.41, 5.74) is 4.50. The van der Waals surface area contributed by atoms with Crippen LogP contribution in [0.1, 0.15) is 27.7 Å². The first-order valence-corrected chi connectivity index (χ1v) is 12.9. The van der Waals surface area contributed by atoms with Crippen LogP contribution >= 0.6 is 22.9 Å². The Bertz CT molecular complexity index is 1670. The zero-order valence-corrected chi connectivity index (χ0v) is 22.1. The lowest BCUT2D eigenvalue weighted by Gasteiger charge is -2.08. The van der Waals surface area contributed by atoms with Gasteiger partial charge in [0.25, 0.3) is 5.91 Å². The molecule has 0 unspecified atom stereocenters. The van der Waals surface area contributed by atoms with Gasteiger partial charge in [-0.25, -0.2) is 9.98 Å². The normalized spacial score (nSPS) is 11.6. The molecule has 0 radical (unpaired) electrons. The number of hydrogen-bond donors (Lipinski definition) is 1.